The molecule has 0 aliphatic heterocycles. The zero-order valence-corrected chi connectivity index (χ0v) is 10.8. The Hall–Kier alpha value is -1.31. The maximum atomic E-state index is 9.59. The van der Waals surface area contributed by atoms with Gasteiger partial charge in [0.2, 0.25) is 0 Å². The van der Waals surface area contributed by atoms with Crippen molar-refractivity contribution in [2.45, 2.75) is 34.6 Å². The number of esters is 1. The highest BCUT2D eigenvalue weighted by atomic mass is 16.5. The number of carbonyl (C=O) groups excluding carboxylic acids is 1. The summed E-state index contributed by atoms with van der Waals surface area (Å²) in [6, 6.07) is 12.0. The van der Waals surface area contributed by atoms with Crippen molar-refractivity contribution in [3.63, 3.8) is 0 Å². The van der Waals surface area contributed by atoms with E-state index in [1.54, 1.807) is 0 Å². The summed E-state index contributed by atoms with van der Waals surface area (Å²) in [6.07, 6.45) is 0. The van der Waals surface area contributed by atoms with Crippen molar-refractivity contribution in [2.24, 2.45) is 0 Å². The smallest absolute Gasteiger partial charge is 0.302 e. The van der Waals surface area contributed by atoms with E-state index in [9.17, 15) is 4.79 Å². The molecule has 1 aromatic carbocycles. The quantitative estimate of drug-likeness (QED) is 0.609. The molecule has 0 saturated carbocycles. The van der Waals surface area contributed by atoms with E-state index in [0.29, 0.717) is 0 Å². The van der Waals surface area contributed by atoms with Crippen LogP contribution in [0.3, 0.4) is 0 Å². The number of methoxy groups -OCH3 is 1. The molecule has 2 heteroatoms. The third-order valence-electron chi connectivity index (χ3n) is 0.954. The third-order valence-corrected chi connectivity index (χ3v) is 0.954. The van der Waals surface area contributed by atoms with Crippen LogP contribution in [-0.2, 0) is 9.53 Å². The average molecular weight is 212 g/mol. The molecule has 0 N–H and O–H groups in total. The van der Waals surface area contributed by atoms with Crippen LogP contribution in [0.5, 0.6) is 0 Å². The fourth-order valence-electron chi connectivity index (χ4n) is 0.385. The van der Waals surface area contributed by atoms with Crippen molar-refractivity contribution in [1.82, 2.24) is 0 Å². The van der Waals surface area contributed by atoms with Gasteiger partial charge in [0.1, 0.15) is 0 Å². The molecule has 0 aliphatic carbocycles. The fourth-order valence-corrected chi connectivity index (χ4v) is 0.385. The summed E-state index contributed by atoms with van der Waals surface area (Å²) in [5.41, 5.74) is 0. The van der Waals surface area contributed by atoms with E-state index < -0.39 is 0 Å². The van der Waals surface area contributed by atoms with Gasteiger partial charge in [0, 0.05) is 6.92 Å². The summed E-state index contributed by atoms with van der Waals surface area (Å²) in [5.74, 6) is -0.245. The standard InChI is InChI=1S/C6H6.C3H6O2.2C2H6/c1-2-4-6-5-3-1;1-3(4)5-2;2*1-2/h1-6H;1-2H3;2*1-2H3. The monoisotopic (exact) mass is 212 g/mol. The second kappa shape index (κ2) is 23.0. The van der Waals surface area contributed by atoms with E-state index in [0.717, 1.165) is 0 Å². The van der Waals surface area contributed by atoms with Crippen LogP contribution in [0.15, 0.2) is 36.4 Å². The Morgan fingerprint density at radius 2 is 0.933 bits per heavy atom. The predicted octanol–water partition coefficient (Wildman–Crippen LogP) is 3.92. The molecule has 0 heterocycles. The van der Waals surface area contributed by atoms with Crippen LogP contribution in [0.4, 0.5) is 0 Å². The van der Waals surface area contributed by atoms with Crippen molar-refractivity contribution < 1.29 is 9.53 Å². The van der Waals surface area contributed by atoms with E-state index in [1.165, 1.54) is 14.0 Å². The second-order valence-electron chi connectivity index (χ2n) is 1.85. The molecule has 0 unspecified atom stereocenters. The van der Waals surface area contributed by atoms with Crippen LogP contribution < -0.4 is 0 Å². The van der Waals surface area contributed by atoms with Gasteiger partial charge in [0.25, 0.3) is 0 Å². The molecule has 15 heavy (non-hydrogen) atoms. The Morgan fingerprint density at radius 1 is 0.800 bits per heavy atom. The Balaban J connectivity index is -0.000000146. The summed E-state index contributed by atoms with van der Waals surface area (Å²) >= 11 is 0. The first-order valence-corrected chi connectivity index (χ1v) is 5.32. The predicted molar refractivity (Wildman–Crippen MR) is 66.8 cm³/mol. The molecular formula is C13H24O2. The Bertz CT molecular complexity index is 156. The lowest BCUT2D eigenvalue weighted by Gasteiger charge is -1.80. The van der Waals surface area contributed by atoms with E-state index in [4.69, 9.17) is 0 Å². The topological polar surface area (TPSA) is 26.3 Å². The van der Waals surface area contributed by atoms with Crippen molar-refractivity contribution >= 4 is 5.97 Å². The first-order valence-electron chi connectivity index (χ1n) is 5.32. The SMILES string of the molecule is CC.CC.COC(C)=O.c1ccccc1. The molecule has 1 rings (SSSR count). The first-order chi connectivity index (χ1) is 7.27. The molecule has 0 aliphatic rings. The van der Waals surface area contributed by atoms with E-state index in [1.807, 2.05) is 64.1 Å². The number of ether oxygens (including phenoxy) is 1. The lowest BCUT2D eigenvalue weighted by atomic mass is 10.4. The molecule has 0 saturated heterocycles. The third kappa shape index (κ3) is 32.4. The van der Waals surface area contributed by atoms with Gasteiger partial charge < -0.3 is 4.74 Å². The Kier molecular flexibility index (Phi) is 29.5. The number of carbonyl (C=O) groups is 1. The highest BCUT2D eigenvalue weighted by molar-refractivity contribution is 5.65. The first kappa shape index (κ1) is 19.3. The molecule has 88 valence electrons. The van der Waals surface area contributed by atoms with Crippen LogP contribution in [0.1, 0.15) is 34.6 Å². The average Bonchev–Trinajstić information content (AvgIpc) is 2.37. The van der Waals surface area contributed by atoms with Gasteiger partial charge in [-0.1, -0.05) is 64.1 Å². The number of hydrogen-bond acceptors (Lipinski definition) is 2. The highest BCUT2D eigenvalue weighted by Crippen LogP contribution is 1.79. The van der Waals surface area contributed by atoms with Crippen LogP contribution >= 0.6 is 0 Å². The van der Waals surface area contributed by atoms with Crippen LogP contribution in [-0.4, -0.2) is 13.1 Å². The van der Waals surface area contributed by atoms with Gasteiger partial charge in [-0.3, -0.25) is 4.79 Å². The van der Waals surface area contributed by atoms with Crippen LogP contribution in [0, 0.1) is 0 Å². The van der Waals surface area contributed by atoms with Gasteiger partial charge in [-0.25, -0.2) is 0 Å². The minimum Gasteiger partial charge on any atom is -0.469 e. The van der Waals surface area contributed by atoms with E-state index in [-0.39, 0.29) is 5.97 Å². The van der Waals surface area contributed by atoms with Crippen LogP contribution in [0.2, 0.25) is 0 Å². The molecule has 0 bridgehead atoms. The fraction of sp³-hybridized carbons (Fsp3) is 0.462. The summed E-state index contributed by atoms with van der Waals surface area (Å²) in [5, 5.41) is 0. The van der Waals surface area contributed by atoms with E-state index in [2.05, 4.69) is 4.74 Å². The lowest BCUT2D eigenvalue weighted by Crippen LogP contribution is -1.88. The molecule has 1 aromatic rings. The lowest BCUT2D eigenvalue weighted by molar-refractivity contribution is -0.137. The van der Waals surface area contributed by atoms with E-state index >= 15 is 0 Å². The summed E-state index contributed by atoms with van der Waals surface area (Å²) in [4.78, 5) is 9.59. The maximum Gasteiger partial charge on any atom is 0.302 e. The normalized spacial score (nSPS) is 6.27. The van der Waals surface area contributed by atoms with Crippen molar-refractivity contribution in [1.29, 1.82) is 0 Å². The largest absolute Gasteiger partial charge is 0.469 e. The number of rotatable bonds is 0. The second-order valence-corrected chi connectivity index (χ2v) is 1.85. The summed E-state index contributed by atoms with van der Waals surface area (Å²) < 4.78 is 4.11. The van der Waals surface area contributed by atoms with Gasteiger partial charge >= 0.3 is 5.97 Å². The van der Waals surface area contributed by atoms with Gasteiger partial charge in [-0.2, -0.15) is 0 Å². The number of hydrogen-bond donors (Lipinski definition) is 0. The molecule has 0 aromatic heterocycles. The van der Waals surface area contributed by atoms with Gasteiger partial charge in [0.15, 0.2) is 0 Å². The minimum atomic E-state index is -0.245. The Morgan fingerprint density at radius 3 is 1.00 bits per heavy atom. The number of benzene rings is 1. The Labute approximate surface area is 94.3 Å². The van der Waals surface area contributed by atoms with Crippen molar-refractivity contribution in [3.8, 4) is 0 Å². The van der Waals surface area contributed by atoms with Gasteiger partial charge in [-0.15, -0.1) is 0 Å². The van der Waals surface area contributed by atoms with Crippen molar-refractivity contribution in [3.05, 3.63) is 36.4 Å². The van der Waals surface area contributed by atoms with Crippen molar-refractivity contribution in [2.75, 3.05) is 7.11 Å². The van der Waals surface area contributed by atoms with Gasteiger partial charge in [0.05, 0.1) is 7.11 Å². The summed E-state index contributed by atoms with van der Waals surface area (Å²) in [7, 11) is 1.35. The molecule has 0 fully saturated rings. The molecule has 2 nitrogen and oxygen atoms in total. The zero-order chi connectivity index (χ0) is 12.5. The molecule has 0 radical (unpaired) electrons. The molecule has 0 atom stereocenters. The minimum absolute atomic E-state index is 0.245. The molecule has 0 amide bonds. The van der Waals surface area contributed by atoms with Crippen LogP contribution in [0.25, 0.3) is 0 Å². The molecular weight excluding hydrogens is 188 g/mol. The highest BCUT2D eigenvalue weighted by Gasteiger charge is 1.75. The summed E-state index contributed by atoms with van der Waals surface area (Å²) in [6.45, 7) is 9.36. The maximum absolute atomic E-state index is 9.59. The zero-order valence-electron chi connectivity index (χ0n) is 10.8. The molecule has 0 spiro atoms. The van der Waals surface area contributed by atoms with Gasteiger partial charge in [-0.05, 0) is 0 Å².